The van der Waals surface area contributed by atoms with E-state index in [0.717, 1.165) is 40.6 Å². The fourth-order valence-corrected chi connectivity index (χ4v) is 6.56. The van der Waals surface area contributed by atoms with E-state index in [1.54, 1.807) is 30.7 Å². The van der Waals surface area contributed by atoms with Crippen LogP contribution in [0.25, 0.3) is 0 Å². The van der Waals surface area contributed by atoms with Gasteiger partial charge in [0.1, 0.15) is 16.9 Å². The molecule has 0 saturated heterocycles. The molecular formula is C26H34Cl2N2O4S. The summed E-state index contributed by atoms with van der Waals surface area (Å²) in [6.45, 7) is 3.94. The topological polar surface area (TPSA) is 62.2 Å². The summed E-state index contributed by atoms with van der Waals surface area (Å²) in [6, 6.07) is 11.9. The lowest BCUT2D eigenvalue weighted by Crippen LogP contribution is -2.37. The van der Waals surface area contributed by atoms with Crippen molar-refractivity contribution in [2.24, 2.45) is 0 Å². The number of rotatable bonds is 10. The maximum absolute atomic E-state index is 12.6. The van der Waals surface area contributed by atoms with Gasteiger partial charge in [-0.2, -0.15) is 0 Å². The van der Waals surface area contributed by atoms with Crippen LogP contribution in [0.1, 0.15) is 50.0 Å². The summed E-state index contributed by atoms with van der Waals surface area (Å²) < 4.78 is 11.8. The van der Waals surface area contributed by atoms with Crippen LogP contribution in [0.15, 0.2) is 41.3 Å². The number of halogens is 2. The highest BCUT2D eigenvalue weighted by Crippen LogP contribution is 2.54. The zero-order chi connectivity index (χ0) is 24.1. The van der Waals surface area contributed by atoms with E-state index in [1.165, 1.54) is 25.7 Å². The van der Waals surface area contributed by atoms with Gasteiger partial charge in [-0.15, -0.1) is 12.4 Å². The molecule has 1 fully saturated rings. The molecule has 192 valence electrons. The van der Waals surface area contributed by atoms with Crippen LogP contribution in [0.5, 0.6) is 11.5 Å². The zero-order valence-corrected chi connectivity index (χ0v) is 22.6. The fraction of sp³-hybridized carbons (Fsp3) is 0.500. The van der Waals surface area contributed by atoms with Gasteiger partial charge in [-0.3, -0.25) is 14.6 Å². The summed E-state index contributed by atoms with van der Waals surface area (Å²) in [5.41, 5.74) is 1.76. The van der Waals surface area contributed by atoms with E-state index in [-0.39, 0.29) is 30.3 Å². The molecule has 35 heavy (non-hydrogen) atoms. The van der Waals surface area contributed by atoms with Gasteiger partial charge in [-0.1, -0.05) is 36.2 Å². The molecule has 1 N–H and O–H groups in total. The number of benzene rings is 2. The first-order valence-electron chi connectivity index (χ1n) is 11.9. The van der Waals surface area contributed by atoms with E-state index >= 15 is 0 Å². The van der Waals surface area contributed by atoms with Crippen molar-refractivity contribution in [3.8, 4) is 11.5 Å². The lowest BCUT2D eigenvalue weighted by molar-refractivity contribution is -0.116. The van der Waals surface area contributed by atoms with Crippen LogP contribution in [0.4, 0.5) is 5.69 Å². The van der Waals surface area contributed by atoms with Crippen LogP contribution < -0.4 is 14.4 Å². The molecule has 0 aromatic heterocycles. The Morgan fingerprint density at radius 3 is 2.66 bits per heavy atom. The van der Waals surface area contributed by atoms with E-state index in [0.29, 0.717) is 24.2 Å². The smallest absolute Gasteiger partial charge is 0.225 e. The average molecular weight is 542 g/mol. The van der Waals surface area contributed by atoms with Gasteiger partial charge < -0.3 is 14.6 Å². The molecule has 0 bridgehead atoms. The van der Waals surface area contributed by atoms with Crippen molar-refractivity contribution in [3.63, 3.8) is 0 Å². The van der Waals surface area contributed by atoms with Gasteiger partial charge >= 0.3 is 0 Å². The monoisotopic (exact) mass is 540 g/mol. The summed E-state index contributed by atoms with van der Waals surface area (Å²) in [5.74, 6) is 1.43. The predicted octanol–water partition coefficient (Wildman–Crippen LogP) is 5.93. The molecule has 6 nitrogen and oxygen atoms in total. The lowest BCUT2D eigenvalue weighted by atomic mass is 10.1. The van der Waals surface area contributed by atoms with Gasteiger partial charge in [0.25, 0.3) is 0 Å². The Morgan fingerprint density at radius 2 is 1.97 bits per heavy atom. The number of carbonyl (C=O) groups excluding carboxylic acids is 1. The number of fused-ring (bicyclic) bond motifs is 1. The number of nitrogens with zero attached hydrogens (tertiary/aromatic N) is 2. The molecule has 1 unspecified atom stereocenters. The predicted molar refractivity (Wildman–Crippen MR) is 144 cm³/mol. The second-order valence-corrected chi connectivity index (χ2v) is 10.3. The molecule has 1 amide bonds. The summed E-state index contributed by atoms with van der Waals surface area (Å²) >= 11 is 7.81. The van der Waals surface area contributed by atoms with Crippen molar-refractivity contribution in [1.29, 1.82) is 0 Å². The summed E-state index contributed by atoms with van der Waals surface area (Å²) in [4.78, 5) is 17.8. The Morgan fingerprint density at radius 1 is 1.20 bits per heavy atom. The van der Waals surface area contributed by atoms with Crippen LogP contribution in [-0.2, 0) is 4.79 Å². The van der Waals surface area contributed by atoms with Crippen molar-refractivity contribution < 1.29 is 19.4 Å². The number of hydrogen-bond donors (Lipinski definition) is 1. The third-order valence-electron chi connectivity index (χ3n) is 6.55. The number of carbonyl (C=O) groups is 1. The summed E-state index contributed by atoms with van der Waals surface area (Å²) in [7, 11) is 1.64. The second-order valence-electron chi connectivity index (χ2n) is 8.77. The van der Waals surface area contributed by atoms with Gasteiger partial charge in [-0.05, 0) is 55.7 Å². The van der Waals surface area contributed by atoms with E-state index in [9.17, 15) is 9.90 Å². The minimum atomic E-state index is -0.263. The zero-order valence-electron chi connectivity index (χ0n) is 20.2. The normalized spacial score (nSPS) is 17.4. The van der Waals surface area contributed by atoms with Crippen molar-refractivity contribution >= 4 is 47.4 Å². The van der Waals surface area contributed by atoms with E-state index in [2.05, 4.69) is 4.90 Å². The number of aliphatic hydroxyl groups excluding tert-OH is 1. The molecule has 1 heterocycles. The quantitative estimate of drug-likeness (QED) is 0.376. The maximum atomic E-state index is 12.6. The first kappa shape index (κ1) is 27.9. The second kappa shape index (κ2) is 13.1. The number of ether oxygens (including phenoxy) is 2. The molecule has 2 aromatic carbocycles. The van der Waals surface area contributed by atoms with Crippen LogP contribution in [0.2, 0.25) is 5.02 Å². The van der Waals surface area contributed by atoms with Crippen LogP contribution >= 0.6 is 35.8 Å². The van der Waals surface area contributed by atoms with E-state index < -0.39 is 0 Å². The Balaban J connectivity index is 0.00000342. The first-order valence-corrected chi connectivity index (χ1v) is 13.2. The molecule has 1 aliphatic heterocycles. The van der Waals surface area contributed by atoms with E-state index in [1.807, 2.05) is 36.4 Å². The van der Waals surface area contributed by atoms with E-state index in [4.69, 9.17) is 21.1 Å². The number of hydrogen-bond acceptors (Lipinski definition) is 6. The third kappa shape index (κ3) is 6.57. The molecule has 2 aliphatic rings. The standard InChI is InChI=1S/C26H33ClN2O4S.ClH/c1-18(31)29-23-10-8-19(27)16-25(23)34-26(29)22-17-21(32-2)9-11-24(22)33-15-5-12-28(13-14-30)20-6-3-4-7-20;/h8-11,16-17,20,26,30H,3-7,12-15H2,1-2H3;1H. The molecule has 2 aromatic rings. The van der Waals surface area contributed by atoms with Gasteiger partial charge in [-0.25, -0.2) is 0 Å². The minimum Gasteiger partial charge on any atom is -0.497 e. The van der Waals surface area contributed by atoms with Gasteiger partial charge in [0.05, 0.1) is 26.0 Å². The Kier molecular flexibility index (Phi) is 10.4. The Bertz CT molecular complexity index is 1000. The number of aliphatic hydroxyl groups is 1. The van der Waals surface area contributed by atoms with Gasteiger partial charge in [0, 0.05) is 41.5 Å². The number of thioether (sulfide) groups is 1. The molecule has 1 atom stereocenters. The first-order chi connectivity index (χ1) is 16.5. The van der Waals surface area contributed by atoms with Crippen molar-refractivity contribution in [3.05, 3.63) is 47.0 Å². The molecule has 0 spiro atoms. The van der Waals surface area contributed by atoms with Crippen LogP contribution in [0.3, 0.4) is 0 Å². The highest BCUT2D eigenvalue weighted by atomic mass is 35.5. The van der Waals surface area contributed by atoms with Gasteiger partial charge in [0.2, 0.25) is 5.91 Å². The summed E-state index contributed by atoms with van der Waals surface area (Å²) in [6.07, 6.45) is 5.85. The van der Waals surface area contributed by atoms with Crippen LogP contribution in [0, 0.1) is 0 Å². The van der Waals surface area contributed by atoms with Crippen LogP contribution in [-0.4, -0.2) is 55.4 Å². The average Bonchev–Trinajstić information content (AvgIpc) is 3.49. The SMILES string of the molecule is COc1ccc(OCCCN(CCO)C2CCCC2)c(C2Sc3cc(Cl)ccc3N2C(C)=O)c1.Cl. The number of amides is 1. The Hall–Kier alpha value is -1.64. The molecule has 1 aliphatic carbocycles. The third-order valence-corrected chi connectivity index (χ3v) is 8.06. The molecular weight excluding hydrogens is 507 g/mol. The molecule has 1 saturated carbocycles. The highest BCUT2D eigenvalue weighted by molar-refractivity contribution is 8.00. The van der Waals surface area contributed by atoms with Gasteiger partial charge in [0.15, 0.2) is 0 Å². The largest absolute Gasteiger partial charge is 0.497 e. The highest BCUT2D eigenvalue weighted by Gasteiger charge is 2.36. The Labute approximate surface area is 223 Å². The van der Waals surface area contributed by atoms with Crippen molar-refractivity contribution in [1.82, 2.24) is 4.90 Å². The lowest BCUT2D eigenvalue weighted by Gasteiger charge is -2.28. The van der Waals surface area contributed by atoms with Crippen molar-refractivity contribution in [2.75, 3.05) is 38.3 Å². The molecule has 0 radical (unpaired) electrons. The maximum Gasteiger partial charge on any atom is 0.225 e. The molecule has 4 rings (SSSR count). The number of methoxy groups -OCH3 is 1. The minimum absolute atomic E-state index is 0. The van der Waals surface area contributed by atoms with Crippen molar-refractivity contribution in [2.45, 2.75) is 55.3 Å². The summed E-state index contributed by atoms with van der Waals surface area (Å²) in [5, 5.41) is 9.85. The number of anilines is 1. The fourth-order valence-electron chi connectivity index (χ4n) is 4.92. The molecule has 9 heteroatoms.